The molecular formula is C13H11FN2O2S. The SMILES string of the molecule is O=C1CN(C(=O)c2cc3cc(F)ccc3s2)CCN1. The van der Waals surface area contributed by atoms with Gasteiger partial charge in [0.25, 0.3) is 5.91 Å². The van der Waals surface area contributed by atoms with E-state index in [2.05, 4.69) is 5.32 Å². The minimum Gasteiger partial charge on any atom is -0.353 e. The number of nitrogens with one attached hydrogen (secondary N) is 1. The van der Waals surface area contributed by atoms with Crippen molar-refractivity contribution < 1.29 is 14.0 Å². The van der Waals surface area contributed by atoms with Crippen LogP contribution in [0.4, 0.5) is 4.39 Å². The molecule has 19 heavy (non-hydrogen) atoms. The highest BCUT2D eigenvalue weighted by Crippen LogP contribution is 2.27. The topological polar surface area (TPSA) is 49.4 Å². The molecule has 1 saturated heterocycles. The molecule has 2 heterocycles. The summed E-state index contributed by atoms with van der Waals surface area (Å²) >= 11 is 1.32. The van der Waals surface area contributed by atoms with Crippen LogP contribution in [0, 0.1) is 5.82 Å². The van der Waals surface area contributed by atoms with E-state index in [4.69, 9.17) is 0 Å². The summed E-state index contributed by atoms with van der Waals surface area (Å²) in [6, 6.07) is 6.12. The molecule has 0 spiro atoms. The Morgan fingerprint density at radius 3 is 3.00 bits per heavy atom. The molecule has 1 N–H and O–H groups in total. The molecule has 98 valence electrons. The fraction of sp³-hybridized carbons (Fsp3) is 0.231. The monoisotopic (exact) mass is 278 g/mol. The number of benzene rings is 1. The lowest BCUT2D eigenvalue weighted by Gasteiger charge is -2.26. The van der Waals surface area contributed by atoms with Crippen LogP contribution in [0.3, 0.4) is 0 Å². The number of hydrogen-bond acceptors (Lipinski definition) is 3. The molecule has 0 bridgehead atoms. The van der Waals surface area contributed by atoms with Crippen LogP contribution in [0.5, 0.6) is 0 Å². The van der Waals surface area contributed by atoms with Gasteiger partial charge in [0.05, 0.1) is 11.4 Å². The van der Waals surface area contributed by atoms with Crippen LogP contribution >= 0.6 is 11.3 Å². The number of amides is 2. The Hall–Kier alpha value is -1.95. The Bertz CT molecular complexity index is 668. The van der Waals surface area contributed by atoms with Crippen LogP contribution in [0.15, 0.2) is 24.3 Å². The average molecular weight is 278 g/mol. The van der Waals surface area contributed by atoms with Crippen molar-refractivity contribution in [1.29, 1.82) is 0 Å². The maximum absolute atomic E-state index is 13.1. The highest BCUT2D eigenvalue weighted by atomic mass is 32.1. The van der Waals surface area contributed by atoms with E-state index in [1.807, 2.05) is 0 Å². The summed E-state index contributed by atoms with van der Waals surface area (Å²) in [5, 5.41) is 3.39. The van der Waals surface area contributed by atoms with Crippen molar-refractivity contribution in [3.63, 3.8) is 0 Å². The summed E-state index contributed by atoms with van der Waals surface area (Å²) in [6.07, 6.45) is 0. The fourth-order valence-electron chi connectivity index (χ4n) is 2.09. The summed E-state index contributed by atoms with van der Waals surface area (Å²) in [7, 11) is 0. The molecule has 0 saturated carbocycles. The molecule has 1 aromatic carbocycles. The Morgan fingerprint density at radius 1 is 1.37 bits per heavy atom. The fourth-order valence-corrected chi connectivity index (χ4v) is 3.10. The number of carbonyl (C=O) groups excluding carboxylic acids is 2. The summed E-state index contributed by atoms with van der Waals surface area (Å²) in [6.45, 7) is 1.07. The third-order valence-corrected chi connectivity index (χ3v) is 4.12. The summed E-state index contributed by atoms with van der Waals surface area (Å²) in [5.74, 6) is -0.634. The number of fused-ring (bicyclic) bond motifs is 1. The molecule has 0 atom stereocenters. The first-order chi connectivity index (χ1) is 9.13. The summed E-state index contributed by atoms with van der Waals surface area (Å²) < 4.78 is 14.0. The van der Waals surface area contributed by atoms with Gasteiger partial charge in [-0.25, -0.2) is 4.39 Å². The lowest BCUT2D eigenvalue weighted by atomic mass is 10.2. The van der Waals surface area contributed by atoms with Gasteiger partial charge >= 0.3 is 0 Å². The van der Waals surface area contributed by atoms with E-state index in [1.165, 1.54) is 28.4 Å². The van der Waals surface area contributed by atoms with Gasteiger partial charge < -0.3 is 10.2 Å². The van der Waals surface area contributed by atoms with Crippen LogP contribution in [-0.4, -0.2) is 36.3 Å². The maximum atomic E-state index is 13.1. The first-order valence-corrected chi connectivity index (χ1v) is 6.70. The summed E-state index contributed by atoms with van der Waals surface area (Å²) in [4.78, 5) is 25.6. The quantitative estimate of drug-likeness (QED) is 0.861. The van der Waals surface area contributed by atoms with Crippen molar-refractivity contribution in [2.45, 2.75) is 0 Å². The highest BCUT2D eigenvalue weighted by molar-refractivity contribution is 7.20. The zero-order chi connectivity index (χ0) is 13.4. The number of hydrogen-bond donors (Lipinski definition) is 1. The van der Waals surface area contributed by atoms with Gasteiger partial charge in [-0.15, -0.1) is 11.3 Å². The van der Waals surface area contributed by atoms with Crippen molar-refractivity contribution in [2.75, 3.05) is 19.6 Å². The smallest absolute Gasteiger partial charge is 0.264 e. The van der Waals surface area contributed by atoms with Crippen molar-refractivity contribution in [2.24, 2.45) is 0 Å². The Morgan fingerprint density at radius 2 is 2.21 bits per heavy atom. The second-order valence-corrected chi connectivity index (χ2v) is 5.45. The highest BCUT2D eigenvalue weighted by Gasteiger charge is 2.23. The second kappa shape index (κ2) is 4.62. The number of halogens is 1. The average Bonchev–Trinajstić information content (AvgIpc) is 2.80. The normalized spacial score (nSPS) is 15.6. The van der Waals surface area contributed by atoms with Gasteiger partial charge in [0.2, 0.25) is 5.91 Å². The van der Waals surface area contributed by atoms with Crippen LogP contribution in [0.25, 0.3) is 10.1 Å². The largest absolute Gasteiger partial charge is 0.353 e. The molecule has 1 fully saturated rings. The van der Waals surface area contributed by atoms with E-state index in [1.54, 1.807) is 12.1 Å². The van der Waals surface area contributed by atoms with Gasteiger partial charge in [-0.3, -0.25) is 9.59 Å². The Kier molecular flexibility index (Phi) is 2.94. The molecule has 0 unspecified atom stereocenters. The number of rotatable bonds is 1. The van der Waals surface area contributed by atoms with E-state index >= 15 is 0 Å². The molecule has 1 aliphatic rings. The summed E-state index contributed by atoms with van der Waals surface area (Å²) in [5.41, 5.74) is 0. The minimum atomic E-state index is -0.318. The van der Waals surface area contributed by atoms with Gasteiger partial charge in [0.15, 0.2) is 0 Å². The molecule has 1 aliphatic heterocycles. The van der Waals surface area contributed by atoms with Gasteiger partial charge in [-0.2, -0.15) is 0 Å². The van der Waals surface area contributed by atoms with E-state index in [0.717, 1.165) is 10.1 Å². The number of carbonyl (C=O) groups is 2. The predicted molar refractivity (Wildman–Crippen MR) is 70.7 cm³/mol. The van der Waals surface area contributed by atoms with E-state index in [9.17, 15) is 14.0 Å². The standard InChI is InChI=1S/C13H11FN2O2S/c14-9-1-2-10-8(5-9)6-11(19-10)13(18)16-4-3-15-12(17)7-16/h1-2,5-6H,3-4,7H2,(H,15,17). The molecule has 2 amide bonds. The van der Waals surface area contributed by atoms with Gasteiger partial charge in [0, 0.05) is 17.8 Å². The molecule has 4 nitrogen and oxygen atoms in total. The number of nitrogens with zero attached hydrogens (tertiary/aromatic N) is 1. The number of piperazine rings is 1. The van der Waals surface area contributed by atoms with Gasteiger partial charge in [0.1, 0.15) is 5.82 Å². The second-order valence-electron chi connectivity index (χ2n) is 4.37. The van der Waals surface area contributed by atoms with Gasteiger partial charge in [-0.05, 0) is 29.7 Å². The van der Waals surface area contributed by atoms with E-state index < -0.39 is 0 Å². The third kappa shape index (κ3) is 2.31. The molecule has 2 aromatic rings. The molecule has 1 aromatic heterocycles. The number of thiophene rings is 1. The first-order valence-electron chi connectivity index (χ1n) is 5.88. The van der Waals surface area contributed by atoms with E-state index in [0.29, 0.717) is 18.0 Å². The minimum absolute atomic E-state index is 0.0848. The van der Waals surface area contributed by atoms with Crippen LogP contribution in [0.1, 0.15) is 9.67 Å². The van der Waals surface area contributed by atoms with Crippen molar-refractivity contribution >= 4 is 33.2 Å². The zero-order valence-corrected chi connectivity index (χ0v) is 10.8. The zero-order valence-electron chi connectivity index (χ0n) is 9.98. The van der Waals surface area contributed by atoms with Crippen molar-refractivity contribution in [3.8, 4) is 0 Å². The molecule has 3 rings (SSSR count). The van der Waals surface area contributed by atoms with E-state index in [-0.39, 0.29) is 24.2 Å². The molecule has 0 aliphatic carbocycles. The Balaban J connectivity index is 1.90. The Labute approximate surface area is 112 Å². The molecular weight excluding hydrogens is 267 g/mol. The van der Waals surface area contributed by atoms with Crippen LogP contribution in [0.2, 0.25) is 0 Å². The van der Waals surface area contributed by atoms with Crippen molar-refractivity contribution in [1.82, 2.24) is 10.2 Å². The molecule has 0 radical (unpaired) electrons. The molecule has 6 heteroatoms. The first kappa shape index (κ1) is 12.1. The van der Waals surface area contributed by atoms with Crippen molar-refractivity contribution in [3.05, 3.63) is 35.0 Å². The predicted octanol–water partition coefficient (Wildman–Crippen LogP) is 1.61. The third-order valence-electron chi connectivity index (χ3n) is 3.01. The lowest BCUT2D eigenvalue weighted by molar-refractivity contribution is -0.123. The maximum Gasteiger partial charge on any atom is 0.264 e. The van der Waals surface area contributed by atoms with Crippen LogP contribution < -0.4 is 5.32 Å². The van der Waals surface area contributed by atoms with Gasteiger partial charge in [-0.1, -0.05) is 0 Å². The van der Waals surface area contributed by atoms with Crippen LogP contribution in [-0.2, 0) is 4.79 Å². The lowest BCUT2D eigenvalue weighted by Crippen LogP contribution is -2.49.